The lowest BCUT2D eigenvalue weighted by atomic mass is 10.0. The van der Waals surface area contributed by atoms with Crippen LogP contribution < -0.4 is 10.6 Å². The predicted molar refractivity (Wildman–Crippen MR) is 60.9 cm³/mol. The summed E-state index contributed by atoms with van der Waals surface area (Å²) in [7, 11) is 0. The summed E-state index contributed by atoms with van der Waals surface area (Å²) in [6.45, 7) is 3.58. The highest BCUT2D eigenvalue weighted by atomic mass is 19.1. The van der Waals surface area contributed by atoms with Crippen LogP contribution in [0.5, 0.6) is 0 Å². The Morgan fingerprint density at radius 1 is 1.53 bits per heavy atom. The molecule has 88 valence electrons. The second-order valence-electron chi connectivity index (χ2n) is 4.49. The molecule has 1 aliphatic rings. The van der Waals surface area contributed by atoms with Gasteiger partial charge in [-0.15, -0.1) is 0 Å². The van der Waals surface area contributed by atoms with Crippen LogP contribution in [0.4, 0.5) is 10.1 Å². The molecule has 1 heterocycles. The van der Waals surface area contributed by atoms with Gasteiger partial charge in [0.05, 0.1) is 11.6 Å². The molecule has 1 amide bonds. The molecule has 5 heteroatoms. The van der Waals surface area contributed by atoms with Gasteiger partial charge in [0.25, 0.3) is 5.91 Å². The van der Waals surface area contributed by atoms with Gasteiger partial charge in [-0.2, -0.15) is 5.26 Å². The Bertz CT molecular complexity index is 531. The Morgan fingerprint density at radius 3 is 2.88 bits per heavy atom. The maximum atomic E-state index is 13.5. The summed E-state index contributed by atoms with van der Waals surface area (Å²) in [4.78, 5) is 11.6. The van der Waals surface area contributed by atoms with Crippen molar-refractivity contribution in [2.75, 3.05) is 5.32 Å². The van der Waals surface area contributed by atoms with Crippen LogP contribution in [-0.4, -0.2) is 11.4 Å². The van der Waals surface area contributed by atoms with Crippen molar-refractivity contribution in [3.05, 3.63) is 29.1 Å². The Hall–Kier alpha value is -2.09. The second-order valence-corrected chi connectivity index (χ2v) is 4.49. The molecule has 1 aliphatic heterocycles. The Morgan fingerprint density at radius 2 is 2.24 bits per heavy atom. The molecule has 0 saturated carbocycles. The number of nitrogens with zero attached hydrogens (tertiary/aromatic N) is 1. The third-order valence-electron chi connectivity index (χ3n) is 2.64. The lowest BCUT2D eigenvalue weighted by molar-refractivity contribution is 0.0966. The highest BCUT2D eigenvalue weighted by molar-refractivity contribution is 6.03. The Kier molecular flexibility index (Phi) is 2.50. The third-order valence-corrected chi connectivity index (χ3v) is 2.64. The van der Waals surface area contributed by atoms with Crippen molar-refractivity contribution in [3.8, 4) is 6.07 Å². The van der Waals surface area contributed by atoms with Crippen LogP contribution in [0.2, 0.25) is 0 Å². The number of hydrogen-bond acceptors (Lipinski definition) is 3. The van der Waals surface area contributed by atoms with Gasteiger partial charge in [-0.25, -0.2) is 4.39 Å². The number of benzene rings is 1. The van der Waals surface area contributed by atoms with Crippen molar-refractivity contribution in [1.82, 2.24) is 5.32 Å². The molecule has 0 atom stereocenters. The number of rotatable bonds is 2. The van der Waals surface area contributed by atoms with E-state index in [4.69, 9.17) is 5.26 Å². The lowest BCUT2D eigenvalue weighted by Gasteiger charge is -2.20. The molecule has 0 radical (unpaired) electrons. The second kappa shape index (κ2) is 3.74. The van der Waals surface area contributed by atoms with Crippen molar-refractivity contribution in [2.45, 2.75) is 25.9 Å². The van der Waals surface area contributed by atoms with Crippen LogP contribution in [0, 0.1) is 17.1 Å². The van der Waals surface area contributed by atoms with E-state index in [0.717, 1.165) is 0 Å². The number of carbonyl (C=O) groups excluding carboxylic acids is 1. The van der Waals surface area contributed by atoms with Crippen LogP contribution >= 0.6 is 0 Å². The molecule has 1 aromatic carbocycles. The first kappa shape index (κ1) is 11.4. The van der Waals surface area contributed by atoms with Crippen molar-refractivity contribution in [3.63, 3.8) is 0 Å². The monoisotopic (exact) mass is 233 g/mol. The van der Waals surface area contributed by atoms with Gasteiger partial charge in [0.15, 0.2) is 0 Å². The molecule has 0 spiro atoms. The van der Waals surface area contributed by atoms with Crippen LogP contribution in [0.3, 0.4) is 0 Å². The SMILES string of the molecule is CC(C)(C#N)Nc1ccc(F)c2c1C(=O)NC2. The smallest absolute Gasteiger partial charge is 0.254 e. The number of carbonyl (C=O) groups is 1. The molecule has 0 bridgehead atoms. The topological polar surface area (TPSA) is 64.9 Å². The number of hydrogen-bond donors (Lipinski definition) is 2. The molecule has 0 fully saturated rings. The van der Waals surface area contributed by atoms with Gasteiger partial charge in [0.2, 0.25) is 0 Å². The summed E-state index contributed by atoms with van der Waals surface area (Å²) >= 11 is 0. The summed E-state index contributed by atoms with van der Waals surface area (Å²) in [5.74, 6) is -0.714. The zero-order valence-corrected chi connectivity index (χ0v) is 9.60. The van der Waals surface area contributed by atoms with Gasteiger partial charge in [-0.3, -0.25) is 4.79 Å². The molecular formula is C12H12FN3O. The number of halogens is 1. The Balaban J connectivity index is 2.48. The number of amides is 1. The highest BCUT2D eigenvalue weighted by Crippen LogP contribution is 2.28. The van der Waals surface area contributed by atoms with Crippen molar-refractivity contribution in [2.24, 2.45) is 0 Å². The molecule has 2 N–H and O–H groups in total. The summed E-state index contributed by atoms with van der Waals surface area (Å²) in [5, 5.41) is 14.4. The predicted octanol–water partition coefficient (Wildman–Crippen LogP) is 1.78. The number of anilines is 1. The van der Waals surface area contributed by atoms with E-state index in [0.29, 0.717) is 16.8 Å². The van der Waals surface area contributed by atoms with E-state index in [1.165, 1.54) is 12.1 Å². The fourth-order valence-corrected chi connectivity index (χ4v) is 1.78. The largest absolute Gasteiger partial charge is 0.367 e. The maximum absolute atomic E-state index is 13.5. The molecule has 1 aromatic rings. The quantitative estimate of drug-likeness (QED) is 0.818. The minimum atomic E-state index is -0.811. The van der Waals surface area contributed by atoms with Crippen LogP contribution in [0.25, 0.3) is 0 Å². The van der Waals surface area contributed by atoms with E-state index in [-0.39, 0.29) is 12.5 Å². The first-order valence-corrected chi connectivity index (χ1v) is 5.23. The molecule has 0 saturated heterocycles. The third kappa shape index (κ3) is 1.94. The fourth-order valence-electron chi connectivity index (χ4n) is 1.78. The average molecular weight is 233 g/mol. The zero-order valence-electron chi connectivity index (χ0n) is 9.60. The van der Waals surface area contributed by atoms with Gasteiger partial charge < -0.3 is 10.6 Å². The normalized spacial score (nSPS) is 13.9. The van der Waals surface area contributed by atoms with E-state index < -0.39 is 11.4 Å². The summed E-state index contributed by atoms with van der Waals surface area (Å²) in [6, 6.07) is 4.86. The van der Waals surface area contributed by atoms with E-state index in [1.54, 1.807) is 13.8 Å². The molecule has 17 heavy (non-hydrogen) atoms. The zero-order chi connectivity index (χ0) is 12.6. The lowest BCUT2D eigenvalue weighted by Crippen LogP contribution is -2.29. The van der Waals surface area contributed by atoms with Gasteiger partial charge in [0.1, 0.15) is 11.4 Å². The number of fused-ring (bicyclic) bond motifs is 1. The molecule has 0 aliphatic carbocycles. The van der Waals surface area contributed by atoms with Gasteiger partial charge in [0, 0.05) is 17.8 Å². The van der Waals surface area contributed by atoms with E-state index in [2.05, 4.69) is 16.7 Å². The Labute approximate surface area is 98.4 Å². The minimum Gasteiger partial charge on any atom is -0.367 e. The fraction of sp³-hybridized carbons (Fsp3) is 0.333. The van der Waals surface area contributed by atoms with E-state index >= 15 is 0 Å². The van der Waals surface area contributed by atoms with Crippen molar-refractivity contribution < 1.29 is 9.18 Å². The number of nitriles is 1. The van der Waals surface area contributed by atoms with Gasteiger partial charge >= 0.3 is 0 Å². The van der Waals surface area contributed by atoms with Gasteiger partial charge in [-0.05, 0) is 26.0 Å². The summed E-state index contributed by atoms with van der Waals surface area (Å²) in [5.41, 5.74) is 0.332. The molecule has 0 unspecified atom stereocenters. The molecule has 4 nitrogen and oxygen atoms in total. The van der Waals surface area contributed by atoms with Crippen LogP contribution in [0.15, 0.2) is 12.1 Å². The van der Waals surface area contributed by atoms with E-state index in [9.17, 15) is 9.18 Å². The van der Waals surface area contributed by atoms with E-state index in [1.807, 2.05) is 0 Å². The minimum absolute atomic E-state index is 0.197. The van der Waals surface area contributed by atoms with Gasteiger partial charge in [-0.1, -0.05) is 0 Å². The van der Waals surface area contributed by atoms with Crippen LogP contribution in [-0.2, 0) is 6.54 Å². The van der Waals surface area contributed by atoms with Crippen molar-refractivity contribution in [1.29, 1.82) is 5.26 Å². The first-order chi connectivity index (χ1) is 7.94. The highest BCUT2D eigenvalue weighted by Gasteiger charge is 2.28. The van der Waals surface area contributed by atoms with Crippen LogP contribution in [0.1, 0.15) is 29.8 Å². The standard InChI is InChI=1S/C12H12FN3O/c1-12(2,6-14)16-9-4-3-8(13)7-5-15-11(17)10(7)9/h3-4,16H,5H2,1-2H3,(H,15,17). The number of nitrogens with one attached hydrogen (secondary N) is 2. The molecule has 2 rings (SSSR count). The average Bonchev–Trinajstić information content (AvgIpc) is 2.66. The van der Waals surface area contributed by atoms with Crippen molar-refractivity contribution >= 4 is 11.6 Å². The first-order valence-electron chi connectivity index (χ1n) is 5.23. The maximum Gasteiger partial charge on any atom is 0.254 e. The molecule has 0 aromatic heterocycles. The summed E-state index contributed by atoms with van der Waals surface area (Å²) < 4.78 is 13.5. The summed E-state index contributed by atoms with van der Waals surface area (Å²) in [6.07, 6.45) is 0. The molecular weight excluding hydrogens is 221 g/mol.